The summed E-state index contributed by atoms with van der Waals surface area (Å²) in [4.78, 5) is 25.8. The Morgan fingerprint density at radius 2 is 1.74 bits per heavy atom. The first-order chi connectivity index (χ1) is 13.0. The van der Waals surface area contributed by atoms with Crippen molar-refractivity contribution in [2.75, 3.05) is 25.5 Å². The molecule has 7 heteroatoms. The Kier molecular flexibility index (Phi) is 8.58. The summed E-state index contributed by atoms with van der Waals surface area (Å²) >= 11 is 12.0. The van der Waals surface area contributed by atoms with Crippen molar-refractivity contribution in [3.05, 3.63) is 64.1 Å². The molecule has 0 atom stereocenters. The smallest absolute Gasteiger partial charge is 0.306 e. The van der Waals surface area contributed by atoms with Gasteiger partial charge in [-0.05, 0) is 23.8 Å². The van der Waals surface area contributed by atoms with E-state index >= 15 is 0 Å². The van der Waals surface area contributed by atoms with Gasteiger partial charge >= 0.3 is 5.97 Å². The van der Waals surface area contributed by atoms with Gasteiger partial charge in [0.2, 0.25) is 5.91 Å². The van der Waals surface area contributed by atoms with E-state index in [-0.39, 0.29) is 24.7 Å². The molecule has 1 N–H and O–H groups in total. The summed E-state index contributed by atoms with van der Waals surface area (Å²) in [7, 11) is 1.37. The third kappa shape index (κ3) is 7.59. The number of carbonyl (C=O) groups is 2. The summed E-state index contributed by atoms with van der Waals surface area (Å²) in [5.41, 5.74) is 1.60. The van der Waals surface area contributed by atoms with Crippen LogP contribution >= 0.6 is 23.2 Å². The summed E-state index contributed by atoms with van der Waals surface area (Å²) in [5, 5.41) is 3.70. The molecule has 5 nitrogen and oxygen atoms in total. The van der Waals surface area contributed by atoms with Gasteiger partial charge in [-0.15, -0.1) is 0 Å². The predicted molar refractivity (Wildman–Crippen MR) is 108 cm³/mol. The van der Waals surface area contributed by atoms with E-state index in [0.717, 1.165) is 5.56 Å². The molecule has 0 aromatic heterocycles. The third-order valence-corrected chi connectivity index (χ3v) is 4.53. The van der Waals surface area contributed by atoms with Gasteiger partial charge in [-0.1, -0.05) is 53.5 Å². The van der Waals surface area contributed by atoms with Crippen molar-refractivity contribution in [2.24, 2.45) is 0 Å². The van der Waals surface area contributed by atoms with Crippen LogP contribution < -0.4 is 5.32 Å². The fourth-order valence-electron chi connectivity index (χ4n) is 2.53. The van der Waals surface area contributed by atoms with Crippen molar-refractivity contribution < 1.29 is 14.3 Å². The Hall–Kier alpha value is -2.08. The van der Waals surface area contributed by atoms with Crippen molar-refractivity contribution in [1.29, 1.82) is 0 Å². The second kappa shape index (κ2) is 10.9. The monoisotopic (exact) mass is 408 g/mol. The number of methoxy groups -OCH3 is 1. The molecule has 2 aromatic carbocycles. The van der Waals surface area contributed by atoms with Crippen molar-refractivity contribution in [3.63, 3.8) is 0 Å². The standard InChI is InChI=1S/C20H22Cl2N2O3/c1-27-20(26)10-12-24(14-15-5-3-2-4-6-15)11-9-19(25)23-18-13-16(21)7-8-17(18)22/h2-8,13H,9-12,14H2,1H3,(H,23,25). The Labute approximate surface area is 169 Å². The van der Waals surface area contributed by atoms with Gasteiger partial charge in [0.05, 0.1) is 24.2 Å². The van der Waals surface area contributed by atoms with Crippen LogP contribution in [0.1, 0.15) is 18.4 Å². The Morgan fingerprint density at radius 3 is 2.44 bits per heavy atom. The lowest BCUT2D eigenvalue weighted by Crippen LogP contribution is -2.30. The Morgan fingerprint density at radius 1 is 1.04 bits per heavy atom. The van der Waals surface area contributed by atoms with Crippen LogP contribution in [0, 0.1) is 0 Å². The van der Waals surface area contributed by atoms with Gasteiger partial charge in [0.25, 0.3) is 0 Å². The molecule has 0 heterocycles. The molecule has 0 unspecified atom stereocenters. The maximum absolute atomic E-state index is 12.3. The largest absolute Gasteiger partial charge is 0.469 e. The number of esters is 1. The van der Waals surface area contributed by atoms with Crippen LogP contribution in [0.2, 0.25) is 10.0 Å². The molecular formula is C20H22Cl2N2O3. The SMILES string of the molecule is COC(=O)CCN(CCC(=O)Nc1cc(Cl)ccc1Cl)Cc1ccccc1. The van der Waals surface area contributed by atoms with Gasteiger partial charge in [0.1, 0.15) is 0 Å². The molecule has 2 aromatic rings. The van der Waals surface area contributed by atoms with Gasteiger partial charge in [-0.25, -0.2) is 0 Å². The van der Waals surface area contributed by atoms with Crippen LogP contribution in [0.5, 0.6) is 0 Å². The molecule has 0 saturated heterocycles. The first-order valence-corrected chi connectivity index (χ1v) is 9.31. The van der Waals surface area contributed by atoms with Gasteiger partial charge < -0.3 is 10.1 Å². The molecule has 0 bridgehead atoms. The average Bonchev–Trinajstić information content (AvgIpc) is 2.67. The first-order valence-electron chi connectivity index (χ1n) is 8.56. The molecule has 0 fully saturated rings. The van der Waals surface area contributed by atoms with Crippen molar-refractivity contribution in [3.8, 4) is 0 Å². The zero-order valence-electron chi connectivity index (χ0n) is 15.1. The van der Waals surface area contributed by atoms with E-state index in [4.69, 9.17) is 27.9 Å². The minimum Gasteiger partial charge on any atom is -0.469 e. The molecule has 0 aliphatic heterocycles. The van der Waals surface area contributed by atoms with Crippen LogP contribution in [0.3, 0.4) is 0 Å². The van der Waals surface area contributed by atoms with Crippen molar-refractivity contribution in [1.82, 2.24) is 4.90 Å². The van der Waals surface area contributed by atoms with Crippen LogP contribution in [0.4, 0.5) is 5.69 Å². The maximum atomic E-state index is 12.3. The fourth-order valence-corrected chi connectivity index (χ4v) is 2.87. The second-order valence-electron chi connectivity index (χ2n) is 6.01. The van der Waals surface area contributed by atoms with E-state index < -0.39 is 0 Å². The summed E-state index contributed by atoms with van der Waals surface area (Å²) in [6.07, 6.45) is 0.530. The van der Waals surface area contributed by atoms with E-state index in [0.29, 0.717) is 35.4 Å². The highest BCUT2D eigenvalue weighted by Crippen LogP contribution is 2.25. The zero-order chi connectivity index (χ0) is 19.6. The Bertz CT molecular complexity index is 769. The highest BCUT2D eigenvalue weighted by atomic mass is 35.5. The van der Waals surface area contributed by atoms with Crippen molar-refractivity contribution >= 4 is 40.8 Å². The minimum absolute atomic E-state index is 0.171. The van der Waals surface area contributed by atoms with Crippen LogP contribution in [0.15, 0.2) is 48.5 Å². The highest BCUT2D eigenvalue weighted by molar-refractivity contribution is 6.35. The first kappa shape index (κ1) is 21.2. The summed E-state index contributed by atoms with van der Waals surface area (Å²) in [6, 6.07) is 14.8. The predicted octanol–water partition coefficient (Wildman–Crippen LogP) is 4.39. The number of nitrogens with one attached hydrogen (secondary N) is 1. The quantitative estimate of drug-likeness (QED) is 0.625. The Balaban J connectivity index is 1.93. The van der Waals surface area contributed by atoms with Gasteiger partial charge in [0.15, 0.2) is 0 Å². The van der Waals surface area contributed by atoms with Gasteiger partial charge in [-0.2, -0.15) is 0 Å². The van der Waals surface area contributed by atoms with E-state index in [9.17, 15) is 9.59 Å². The lowest BCUT2D eigenvalue weighted by molar-refractivity contribution is -0.141. The zero-order valence-corrected chi connectivity index (χ0v) is 16.6. The number of anilines is 1. The normalized spacial score (nSPS) is 10.7. The molecule has 0 saturated carbocycles. The average molecular weight is 409 g/mol. The maximum Gasteiger partial charge on any atom is 0.306 e. The van der Waals surface area contributed by atoms with Crippen LogP contribution in [0.25, 0.3) is 0 Å². The van der Waals surface area contributed by atoms with E-state index in [1.165, 1.54) is 7.11 Å². The molecule has 27 heavy (non-hydrogen) atoms. The number of benzene rings is 2. The van der Waals surface area contributed by atoms with Gasteiger partial charge in [-0.3, -0.25) is 14.5 Å². The number of amides is 1. The molecule has 0 aliphatic rings. The number of nitrogens with zero attached hydrogens (tertiary/aromatic N) is 1. The topological polar surface area (TPSA) is 58.6 Å². The molecule has 144 valence electrons. The summed E-state index contributed by atoms with van der Waals surface area (Å²) in [6.45, 7) is 1.64. The molecule has 2 rings (SSSR count). The number of halogens is 2. The number of ether oxygens (including phenoxy) is 1. The summed E-state index contributed by atoms with van der Waals surface area (Å²) < 4.78 is 4.71. The number of hydrogen-bond acceptors (Lipinski definition) is 4. The lowest BCUT2D eigenvalue weighted by Gasteiger charge is -2.22. The molecule has 0 radical (unpaired) electrons. The highest BCUT2D eigenvalue weighted by Gasteiger charge is 2.13. The number of carbonyl (C=O) groups excluding carboxylic acids is 2. The van der Waals surface area contributed by atoms with E-state index in [1.807, 2.05) is 35.2 Å². The third-order valence-electron chi connectivity index (χ3n) is 3.97. The molecule has 0 aliphatic carbocycles. The molecular weight excluding hydrogens is 387 g/mol. The minimum atomic E-state index is -0.275. The van der Waals surface area contributed by atoms with Gasteiger partial charge in [0, 0.05) is 31.1 Å². The molecule has 1 amide bonds. The second-order valence-corrected chi connectivity index (χ2v) is 6.85. The van der Waals surface area contributed by atoms with E-state index in [2.05, 4.69) is 5.32 Å². The summed E-state index contributed by atoms with van der Waals surface area (Å²) in [5.74, 6) is -0.446. The van der Waals surface area contributed by atoms with Crippen LogP contribution in [-0.2, 0) is 20.9 Å². The fraction of sp³-hybridized carbons (Fsp3) is 0.300. The lowest BCUT2D eigenvalue weighted by atomic mass is 10.2. The van der Waals surface area contributed by atoms with E-state index in [1.54, 1.807) is 18.2 Å². The number of hydrogen-bond donors (Lipinski definition) is 1. The van der Waals surface area contributed by atoms with Crippen LogP contribution in [-0.4, -0.2) is 37.0 Å². The number of rotatable bonds is 9. The van der Waals surface area contributed by atoms with Crippen molar-refractivity contribution in [2.45, 2.75) is 19.4 Å². The molecule has 0 spiro atoms.